The molecule has 0 aliphatic carbocycles. The van der Waals surface area contributed by atoms with E-state index in [4.69, 9.17) is 0 Å². The van der Waals surface area contributed by atoms with Gasteiger partial charge in [-0.3, -0.25) is 0 Å². The molecule has 2 N–H and O–H groups in total. The molecular weight excluding hydrogens is 277 g/mol. The fraction of sp³-hybridized carbons (Fsp3) is 0.267. The van der Waals surface area contributed by atoms with Crippen LogP contribution < -0.4 is 5.32 Å². The molecule has 0 saturated heterocycles. The first-order chi connectivity index (χ1) is 9.36. The average molecular weight is 293 g/mol. The van der Waals surface area contributed by atoms with Crippen LogP contribution in [0.15, 0.2) is 24.3 Å². The number of hydrogen-bond acceptors (Lipinski definition) is 3. The van der Waals surface area contributed by atoms with Crippen LogP contribution in [0.5, 0.6) is 0 Å². The van der Waals surface area contributed by atoms with Crippen LogP contribution in [-0.4, -0.2) is 11.1 Å². The van der Waals surface area contributed by atoms with Crippen molar-refractivity contribution in [2.75, 3.05) is 5.32 Å². The van der Waals surface area contributed by atoms with Gasteiger partial charge in [-0.2, -0.15) is 0 Å². The Morgan fingerprint density at radius 2 is 1.95 bits per heavy atom. The second kappa shape index (κ2) is 5.63. The molecule has 3 nitrogen and oxygen atoms in total. The summed E-state index contributed by atoms with van der Waals surface area (Å²) in [7, 11) is 0. The van der Waals surface area contributed by atoms with Gasteiger partial charge in [-0.05, 0) is 56.2 Å². The van der Waals surface area contributed by atoms with Gasteiger partial charge in [-0.1, -0.05) is 0 Å². The lowest BCUT2D eigenvalue weighted by molar-refractivity contribution is -0.138. The van der Waals surface area contributed by atoms with Crippen LogP contribution in [0.25, 0.3) is 0 Å². The molecule has 0 saturated carbocycles. The van der Waals surface area contributed by atoms with Crippen LogP contribution in [0, 0.1) is 26.6 Å². The number of benzene rings is 1. The molecule has 0 fully saturated rings. The standard InChI is InChI=1S/C15H16FNO2S/c1-8-4-11(16)7-12(5-8)17-14(15(18)19)13-6-9(2)20-10(13)3/h4-7,14,17H,1-3H3,(H,18,19). The summed E-state index contributed by atoms with van der Waals surface area (Å²) in [5.74, 6) is -1.36. The van der Waals surface area contributed by atoms with Crippen molar-refractivity contribution in [3.05, 3.63) is 51.0 Å². The van der Waals surface area contributed by atoms with Gasteiger partial charge in [-0.25, -0.2) is 9.18 Å². The lowest BCUT2D eigenvalue weighted by atomic mass is 10.1. The van der Waals surface area contributed by atoms with E-state index in [0.29, 0.717) is 5.69 Å². The monoisotopic (exact) mass is 293 g/mol. The van der Waals surface area contributed by atoms with Crippen LogP contribution in [0.3, 0.4) is 0 Å². The lowest BCUT2D eigenvalue weighted by Gasteiger charge is -2.16. The van der Waals surface area contributed by atoms with Crippen LogP contribution in [0.2, 0.25) is 0 Å². The van der Waals surface area contributed by atoms with Crippen molar-refractivity contribution in [2.45, 2.75) is 26.8 Å². The summed E-state index contributed by atoms with van der Waals surface area (Å²) in [6.07, 6.45) is 0. The summed E-state index contributed by atoms with van der Waals surface area (Å²) in [5.41, 5.74) is 1.94. The normalized spacial score (nSPS) is 12.2. The Hall–Kier alpha value is -1.88. The van der Waals surface area contributed by atoms with Gasteiger partial charge < -0.3 is 10.4 Å². The molecule has 1 unspecified atom stereocenters. The van der Waals surface area contributed by atoms with E-state index in [1.54, 1.807) is 24.3 Å². The molecule has 2 aromatic rings. The van der Waals surface area contributed by atoms with E-state index in [2.05, 4.69) is 5.32 Å². The Bertz CT molecular complexity index is 631. The van der Waals surface area contributed by atoms with Gasteiger partial charge in [0.2, 0.25) is 0 Å². The highest BCUT2D eigenvalue weighted by Crippen LogP contribution is 2.29. The summed E-state index contributed by atoms with van der Waals surface area (Å²) < 4.78 is 13.4. The molecule has 106 valence electrons. The Morgan fingerprint density at radius 3 is 2.45 bits per heavy atom. The number of thiophene rings is 1. The van der Waals surface area contributed by atoms with Crippen LogP contribution in [0.1, 0.15) is 26.9 Å². The smallest absolute Gasteiger partial charge is 0.330 e. The second-order valence-electron chi connectivity index (χ2n) is 4.80. The van der Waals surface area contributed by atoms with Crippen LogP contribution >= 0.6 is 11.3 Å². The summed E-state index contributed by atoms with van der Waals surface area (Å²) >= 11 is 1.55. The predicted octanol–water partition coefficient (Wildman–Crippen LogP) is 4.05. The molecule has 0 aliphatic heterocycles. The molecule has 1 aromatic heterocycles. The summed E-state index contributed by atoms with van der Waals surface area (Å²) in [6, 6.07) is 5.42. The maximum atomic E-state index is 13.4. The maximum Gasteiger partial charge on any atom is 0.330 e. The molecule has 5 heteroatoms. The van der Waals surface area contributed by atoms with E-state index in [1.165, 1.54) is 12.1 Å². The van der Waals surface area contributed by atoms with Crippen LogP contribution in [0.4, 0.5) is 10.1 Å². The number of anilines is 1. The molecule has 0 amide bonds. The topological polar surface area (TPSA) is 49.3 Å². The maximum absolute atomic E-state index is 13.4. The summed E-state index contributed by atoms with van der Waals surface area (Å²) in [5, 5.41) is 12.3. The quantitative estimate of drug-likeness (QED) is 0.894. The molecule has 0 radical (unpaired) electrons. The minimum absolute atomic E-state index is 0.380. The Kier molecular flexibility index (Phi) is 4.09. The zero-order valence-electron chi connectivity index (χ0n) is 11.5. The third kappa shape index (κ3) is 3.17. The zero-order chi connectivity index (χ0) is 14.9. The molecule has 2 rings (SSSR count). The number of halogens is 1. The fourth-order valence-electron chi connectivity index (χ4n) is 2.20. The number of carboxylic acids is 1. The third-order valence-corrected chi connectivity index (χ3v) is 3.97. The summed E-state index contributed by atoms with van der Waals surface area (Å²) in [4.78, 5) is 13.5. The van der Waals surface area contributed by atoms with Crippen molar-refractivity contribution in [1.29, 1.82) is 0 Å². The van der Waals surface area contributed by atoms with Crippen LogP contribution in [-0.2, 0) is 4.79 Å². The lowest BCUT2D eigenvalue weighted by Crippen LogP contribution is -2.20. The highest BCUT2D eigenvalue weighted by molar-refractivity contribution is 7.12. The van der Waals surface area contributed by atoms with Gasteiger partial charge in [0, 0.05) is 15.4 Å². The number of carboxylic acid groups (broad SMARTS) is 1. The van der Waals surface area contributed by atoms with Gasteiger partial charge in [0.25, 0.3) is 0 Å². The molecule has 0 aliphatic rings. The Labute approximate surface area is 121 Å². The molecule has 0 spiro atoms. The van der Waals surface area contributed by atoms with E-state index in [-0.39, 0.29) is 5.82 Å². The minimum Gasteiger partial charge on any atom is -0.479 e. The number of aliphatic carboxylic acids is 1. The van der Waals surface area contributed by atoms with Crippen molar-refractivity contribution in [2.24, 2.45) is 0 Å². The molecule has 0 bridgehead atoms. The Balaban J connectivity index is 2.35. The highest BCUT2D eigenvalue weighted by atomic mass is 32.1. The highest BCUT2D eigenvalue weighted by Gasteiger charge is 2.23. The second-order valence-corrected chi connectivity index (χ2v) is 6.26. The largest absolute Gasteiger partial charge is 0.479 e. The van der Waals surface area contributed by atoms with Crippen molar-refractivity contribution in [3.8, 4) is 0 Å². The first kappa shape index (κ1) is 14.5. The molecular formula is C15H16FNO2S. The first-order valence-corrected chi connectivity index (χ1v) is 7.02. The van der Waals surface area contributed by atoms with Gasteiger partial charge in [0.15, 0.2) is 6.04 Å². The first-order valence-electron chi connectivity index (χ1n) is 6.20. The molecule has 1 aromatic carbocycles. The van der Waals surface area contributed by atoms with E-state index in [0.717, 1.165) is 20.9 Å². The third-order valence-electron chi connectivity index (χ3n) is 2.99. The number of nitrogens with one attached hydrogen (secondary N) is 1. The van der Waals surface area contributed by atoms with Crippen molar-refractivity contribution >= 4 is 23.0 Å². The number of aryl methyl sites for hydroxylation is 3. The number of rotatable bonds is 4. The Morgan fingerprint density at radius 1 is 1.25 bits per heavy atom. The van der Waals surface area contributed by atoms with Gasteiger partial charge in [0.1, 0.15) is 5.82 Å². The predicted molar refractivity (Wildman–Crippen MR) is 78.9 cm³/mol. The van der Waals surface area contributed by atoms with E-state index >= 15 is 0 Å². The van der Waals surface area contributed by atoms with Gasteiger partial charge in [0.05, 0.1) is 0 Å². The number of carbonyl (C=O) groups is 1. The number of hydrogen-bond donors (Lipinski definition) is 2. The van der Waals surface area contributed by atoms with E-state index < -0.39 is 12.0 Å². The summed E-state index contributed by atoms with van der Waals surface area (Å²) in [6.45, 7) is 5.60. The average Bonchev–Trinajstić information content (AvgIpc) is 2.63. The SMILES string of the molecule is Cc1cc(F)cc(NC(C(=O)O)c2cc(C)sc2C)c1. The van der Waals surface area contributed by atoms with Gasteiger partial charge >= 0.3 is 5.97 Å². The van der Waals surface area contributed by atoms with E-state index in [1.807, 2.05) is 19.9 Å². The van der Waals surface area contributed by atoms with Crippen molar-refractivity contribution in [3.63, 3.8) is 0 Å². The molecule has 1 heterocycles. The van der Waals surface area contributed by atoms with Crippen molar-refractivity contribution < 1.29 is 14.3 Å². The molecule has 20 heavy (non-hydrogen) atoms. The zero-order valence-corrected chi connectivity index (χ0v) is 12.3. The van der Waals surface area contributed by atoms with Gasteiger partial charge in [-0.15, -0.1) is 11.3 Å². The van der Waals surface area contributed by atoms with Crippen molar-refractivity contribution in [1.82, 2.24) is 0 Å². The minimum atomic E-state index is -0.979. The fourth-order valence-corrected chi connectivity index (χ4v) is 3.16. The van der Waals surface area contributed by atoms with E-state index in [9.17, 15) is 14.3 Å². The molecule has 1 atom stereocenters.